The van der Waals surface area contributed by atoms with E-state index in [9.17, 15) is 18.0 Å². The highest BCUT2D eigenvalue weighted by atomic mass is 19.4. The second-order valence-corrected chi connectivity index (χ2v) is 8.50. The van der Waals surface area contributed by atoms with Crippen LogP contribution in [0.1, 0.15) is 42.1 Å². The maximum atomic E-state index is 12.2. The van der Waals surface area contributed by atoms with Crippen LogP contribution in [0.2, 0.25) is 0 Å². The molecule has 37 heavy (non-hydrogen) atoms. The lowest BCUT2D eigenvalue weighted by atomic mass is 10.1. The van der Waals surface area contributed by atoms with Crippen molar-refractivity contribution in [2.24, 2.45) is 4.99 Å². The Morgan fingerprint density at radius 3 is 2.38 bits per heavy atom. The van der Waals surface area contributed by atoms with Gasteiger partial charge in [-0.15, -0.1) is 13.2 Å². The van der Waals surface area contributed by atoms with Crippen LogP contribution < -0.4 is 15.4 Å². The first-order valence-corrected chi connectivity index (χ1v) is 11.5. The summed E-state index contributed by atoms with van der Waals surface area (Å²) in [7, 11) is 0. The van der Waals surface area contributed by atoms with Crippen LogP contribution in [0.4, 0.5) is 23.7 Å². The molecule has 3 aromatic rings. The zero-order valence-electron chi connectivity index (χ0n) is 19.8. The lowest BCUT2D eigenvalue weighted by Crippen LogP contribution is -2.28. The Morgan fingerprint density at radius 2 is 1.73 bits per heavy atom. The number of benzene rings is 3. The fourth-order valence-corrected chi connectivity index (χ4v) is 3.75. The van der Waals surface area contributed by atoms with Crippen molar-refractivity contribution in [3.8, 4) is 5.75 Å². The fourth-order valence-electron chi connectivity index (χ4n) is 3.75. The van der Waals surface area contributed by atoms with E-state index < -0.39 is 12.5 Å². The third-order valence-electron chi connectivity index (χ3n) is 5.77. The molecule has 0 aliphatic heterocycles. The molecule has 1 aliphatic rings. The number of nitrogens with zero attached hydrogens (tertiary/aromatic N) is 1. The Bertz CT molecular complexity index is 1250. The molecular formula is C27H25F3N4O3. The van der Waals surface area contributed by atoms with Gasteiger partial charge in [-0.2, -0.15) is 0 Å². The van der Waals surface area contributed by atoms with Gasteiger partial charge in [0, 0.05) is 23.2 Å². The van der Waals surface area contributed by atoms with Crippen molar-refractivity contribution in [3.63, 3.8) is 0 Å². The Hall–Kier alpha value is -4.34. The number of rotatable bonds is 8. The number of hydrogen-bond acceptors (Lipinski definition) is 4. The van der Waals surface area contributed by atoms with Crippen molar-refractivity contribution in [1.29, 1.82) is 5.41 Å². The number of hydrogen-bond donors (Lipinski definition) is 3. The van der Waals surface area contributed by atoms with E-state index in [4.69, 9.17) is 10.1 Å². The standard InChI is InChI=1S/C27H25F3N4O3/c1-17(18-5-3-2-4-6-18)36-26(35)34-24-15-23(24)19-7-9-20(10-8-19)25(31)33-16-32-21-11-13-22(14-12-21)37-27(28,29)30/h2-14,16-17,23-24H,15H2,1H3,(H,34,35)(H2,31,32,33). The lowest BCUT2D eigenvalue weighted by Gasteiger charge is -2.14. The normalized spacial score (nSPS) is 17.6. The van der Waals surface area contributed by atoms with Gasteiger partial charge in [0.25, 0.3) is 0 Å². The van der Waals surface area contributed by atoms with Crippen molar-refractivity contribution >= 4 is 24.0 Å². The number of aliphatic imine (C=N–C) groups is 1. The predicted octanol–water partition coefficient (Wildman–Crippen LogP) is 6.39. The van der Waals surface area contributed by atoms with Gasteiger partial charge in [-0.1, -0.05) is 54.6 Å². The predicted molar refractivity (Wildman–Crippen MR) is 134 cm³/mol. The molecule has 0 radical (unpaired) electrons. The number of nitrogens with one attached hydrogen (secondary N) is 3. The van der Waals surface area contributed by atoms with E-state index in [1.54, 1.807) is 12.1 Å². The highest BCUT2D eigenvalue weighted by molar-refractivity contribution is 6.02. The molecule has 1 amide bonds. The number of carbonyl (C=O) groups is 1. The number of anilines is 1. The zero-order valence-corrected chi connectivity index (χ0v) is 19.8. The molecule has 7 nitrogen and oxygen atoms in total. The van der Waals surface area contributed by atoms with E-state index in [0.717, 1.165) is 17.5 Å². The molecule has 1 aliphatic carbocycles. The Morgan fingerprint density at radius 1 is 1.05 bits per heavy atom. The van der Waals surface area contributed by atoms with Crippen LogP contribution in [0.15, 0.2) is 83.9 Å². The number of amidine groups is 1. The molecule has 3 aromatic carbocycles. The largest absolute Gasteiger partial charge is 0.573 e. The topological polar surface area (TPSA) is 95.8 Å². The summed E-state index contributed by atoms with van der Waals surface area (Å²) >= 11 is 0. The summed E-state index contributed by atoms with van der Waals surface area (Å²) in [4.78, 5) is 16.3. The minimum Gasteiger partial charge on any atom is -0.442 e. The monoisotopic (exact) mass is 510 g/mol. The SMILES string of the molecule is CC(OC(=O)NC1CC1c1ccc(C(=N)/N=C\Nc2ccc(OC(F)(F)F)cc2)cc1)c1ccccc1. The number of alkyl carbamates (subject to hydrolysis) is 1. The average Bonchev–Trinajstić information content (AvgIpc) is 3.63. The highest BCUT2D eigenvalue weighted by Crippen LogP contribution is 2.41. The summed E-state index contributed by atoms with van der Waals surface area (Å²) in [6.07, 6.45) is -3.45. The summed E-state index contributed by atoms with van der Waals surface area (Å²) in [6, 6.07) is 22.0. The fraction of sp³-hybridized carbons (Fsp3) is 0.222. The van der Waals surface area contributed by atoms with E-state index in [1.807, 2.05) is 49.4 Å². The summed E-state index contributed by atoms with van der Waals surface area (Å²) < 4.78 is 46.0. The quantitative estimate of drug-likeness (QED) is 0.242. The van der Waals surface area contributed by atoms with Crippen molar-refractivity contribution in [2.45, 2.75) is 37.8 Å². The van der Waals surface area contributed by atoms with Crippen LogP contribution in [0.5, 0.6) is 5.75 Å². The van der Waals surface area contributed by atoms with Crippen LogP contribution in [0.25, 0.3) is 0 Å². The van der Waals surface area contributed by atoms with Gasteiger partial charge in [0.15, 0.2) is 5.84 Å². The molecule has 3 N–H and O–H groups in total. The van der Waals surface area contributed by atoms with Gasteiger partial charge in [0.2, 0.25) is 0 Å². The van der Waals surface area contributed by atoms with Gasteiger partial charge in [0.1, 0.15) is 11.9 Å². The molecule has 3 unspecified atom stereocenters. The maximum Gasteiger partial charge on any atom is 0.573 e. The first-order chi connectivity index (χ1) is 17.7. The van der Waals surface area contributed by atoms with Gasteiger partial charge in [0.05, 0.1) is 6.34 Å². The number of ether oxygens (including phenoxy) is 2. The maximum absolute atomic E-state index is 12.2. The molecular weight excluding hydrogens is 485 g/mol. The van der Waals surface area contributed by atoms with Crippen LogP contribution >= 0.6 is 0 Å². The molecule has 1 fully saturated rings. The van der Waals surface area contributed by atoms with Crippen LogP contribution in [0.3, 0.4) is 0 Å². The Kier molecular flexibility index (Phi) is 7.76. The van der Waals surface area contributed by atoms with E-state index >= 15 is 0 Å². The number of carbonyl (C=O) groups excluding carboxylic acids is 1. The van der Waals surface area contributed by atoms with Crippen molar-refractivity contribution in [3.05, 3.63) is 95.6 Å². The van der Waals surface area contributed by atoms with Crippen molar-refractivity contribution in [1.82, 2.24) is 5.32 Å². The molecule has 0 aromatic heterocycles. The number of alkyl halides is 3. The van der Waals surface area contributed by atoms with E-state index in [1.165, 1.54) is 30.6 Å². The van der Waals surface area contributed by atoms with E-state index in [0.29, 0.717) is 11.3 Å². The van der Waals surface area contributed by atoms with Crippen LogP contribution in [-0.4, -0.2) is 30.7 Å². The first-order valence-electron chi connectivity index (χ1n) is 11.5. The molecule has 1 saturated carbocycles. The molecule has 0 bridgehead atoms. The molecule has 0 heterocycles. The second kappa shape index (κ2) is 11.2. The van der Waals surface area contributed by atoms with Gasteiger partial charge < -0.3 is 20.1 Å². The molecule has 0 saturated heterocycles. The van der Waals surface area contributed by atoms with Crippen LogP contribution in [0, 0.1) is 5.41 Å². The summed E-state index contributed by atoms with van der Waals surface area (Å²) in [5, 5.41) is 13.8. The van der Waals surface area contributed by atoms with Gasteiger partial charge >= 0.3 is 12.5 Å². The third kappa shape index (κ3) is 7.57. The minimum atomic E-state index is -4.75. The Balaban J connectivity index is 1.23. The summed E-state index contributed by atoms with van der Waals surface area (Å²) in [5.74, 6) is -0.133. The van der Waals surface area contributed by atoms with E-state index in [2.05, 4.69) is 20.4 Å². The zero-order chi connectivity index (χ0) is 26.4. The summed E-state index contributed by atoms with van der Waals surface area (Å²) in [5.41, 5.74) is 3.05. The molecule has 3 atom stereocenters. The van der Waals surface area contributed by atoms with Gasteiger partial charge in [-0.25, -0.2) is 9.79 Å². The van der Waals surface area contributed by atoms with Crippen molar-refractivity contribution in [2.75, 3.05) is 5.32 Å². The number of halogens is 3. The molecule has 4 rings (SSSR count). The molecule has 192 valence electrons. The van der Waals surface area contributed by atoms with Crippen LogP contribution in [-0.2, 0) is 4.74 Å². The minimum absolute atomic E-state index is 0.00378. The lowest BCUT2D eigenvalue weighted by molar-refractivity contribution is -0.274. The second-order valence-electron chi connectivity index (χ2n) is 8.50. The third-order valence-corrected chi connectivity index (χ3v) is 5.77. The average molecular weight is 511 g/mol. The van der Waals surface area contributed by atoms with Crippen molar-refractivity contribution < 1.29 is 27.4 Å². The number of amides is 1. The summed E-state index contributed by atoms with van der Waals surface area (Å²) in [6.45, 7) is 1.83. The highest BCUT2D eigenvalue weighted by Gasteiger charge is 2.40. The first kappa shape index (κ1) is 25.7. The molecule has 0 spiro atoms. The van der Waals surface area contributed by atoms with Gasteiger partial charge in [-0.3, -0.25) is 5.41 Å². The van der Waals surface area contributed by atoms with Gasteiger partial charge in [-0.05, 0) is 48.7 Å². The van der Waals surface area contributed by atoms with E-state index in [-0.39, 0.29) is 29.6 Å². The molecule has 10 heteroatoms. The Labute approximate surface area is 211 Å². The smallest absolute Gasteiger partial charge is 0.442 e.